The molecule has 2 N–H and O–H groups in total. The van der Waals surface area contributed by atoms with Crippen molar-refractivity contribution in [3.63, 3.8) is 0 Å². The first-order valence-electron chi connectivity index (χ1n) is 5.96. The number of thiocarbonyl (C=S) groups is 1. The predicted octanol–water partition coefficient (Wildman–Crippen LogP) is 1.94. The zero-order chi connectivity index (χ0) is 12.3. The predicted molar refractivity (Wildman–Crippen MR) is 74.6 cm³/mol. The highest BCUT2D eigenvalue weighted by Crippen LogP contribution is 2.21. The van der Waals surface area contributed by atoms with Gasteiger partial charge in [0.25, 0.3) is 0 Å². The van der Waals surface area contributed by atoms with Crippen LogP contribution in [0.5, 0.6) is 0 Å². The van der Waals surface area contributed by atoms with Crippen molar-refractivity contribution in [3.8, 4) is 0 Å². The van der Waals surface area contributed by atoms with E-state index in [2.05, 4.69) is 24.0 Å². The Morgan fingerprint density at radius 2 is 2.18 bits per heavy atom. The number of anilines is 1. The van der Waals surface area contributed by atoms with Gasteiger partial charge in [0.15, 0.2) is 0 Å². The minimum Gasteiger partial charge on any atom is -0.389 e. The number of nitrogens with zero attached hydrogens (tertiary/aromatic N) is 1. The van der Waals surface area contributed by atoms with Gasteiger partial charge in [-0.3, -0.25) is 0 Å². The molecule has 1 fully saturated rings. The van der Waals surface area contributed by atoms with Crippen molar-refractivity contribution in [2.45, 2.75) is 19.4 Å². The maximum atomic E-state index is 5.59. The van der Waals surface area contributed by atoms with Gasteiger partial charge < -0.3 is 15.4 Å². The topological polar surface area (TPSA) is 38.5 Å². The third kappa shape index (κ3) is 2.76. The van der Waals surface area contributed by atoms with Crippen molar-refractivity contribution in [2.75, 3.05) is 24.7 Å². The fourth-order valence-corrected chi connectivity index (χ4v) is 2.29. The summed E-state index contributed by atoms with van der Waals surface area (Å²) in [6, 6.07) is 8.62. The summed E-state index contributed by atoms with van der Waals surface area (Å²) < 4.78 is 5.50. The van der Waals surface area contributed by atoms with Crippen molar-refractivity contribution < 1.29 is 4.74 Å². The summed E-state index contributed by atoms with van der Waals surface area (Å²) in [5.41, 5.74) is 7.74. The van der Waals surface area contributed by atoms with E-state index < -0.39 is 0 Å². The van der Waals surface area contributed by atoms with E-state index in [4.69, 9.17) is 22.7 Å². The van der Waals surface area contributed by atoms with E-state index in [1.54, 1.807) is 0 Å². The third-order valence-electron chi connectivity index (χ3n) is 3.18. The first kappa shape index (κ1) is 12.3. The highest BCUT2D eigenvalue weighted by Gasteiger charge is 2.21. The lowest BCUT2D eigenvalue weighted by molar-refractivity contribution is 0.0930. The molecule has 1 heterocycles. The summed E-state index contributed by atoms with van der Waals surface area (Å²) in [7, 11) is 0. The van der Waals surface area contributed by atoms with Gasteiger partial charge in [0.2, 0.25) is 0 Å². The zero-order valence-corrected chi connectivity index (χ0v) is 10.9. The summed E-state index contributed by atoms with van der Waals surface area (Å²) in [4.78, 5) is 2.85. The summed E-state index contributed by atoms with van der Waals surface area (Å²) in [5, 5.41) is 0. The van der Waals surface area contributed by atoms with Crippen molar-refractivity contribution in [1.29, 1.82) is 0 Å². The molecule has 0 saturated carbocycles. The van der Waals surface area contributed by atoms with Gasteiger partial charge in [0.05, 0.1) is 19.3 Å². The molecule has 1 unspecified atom stereocenters. The van der Waals surface area contributed by atoms with Gasteiger partial charge in [0.1, 0.15) is 4.99 Å². The Morgan fingerprint density at radius 1 is 1.47 bits per heavy atom. The lowest BCUT2D eigenvalue weighted by Gasteiger charge is -2.37. The molecule has 0 aromatic heterocycles. The van der Waals surface area contributed by atoms with Gasteiger partial charge in [-0.2, -0.15) is 0 Å². The third-order valence-corrected chi connectivity index (χ3v) is 3.42. The van der Waals surface area contributed by atoms with Crippen molar-refractivity contribution in [1.82, 2.24) is 0 Å². The molecule has 1 aromatic carbocycles. The molecule has 0 bridgehead atoms. The number of morpholine rings is 1. The summed E-state index contributed by atoms with van der Waals surface area (Å²) in [6.07, 6.45) is 1.09. The van der Waals surface area contributed by atoms with Crippen molar-refractivity contribution >= 4 is 22.9 Å². The van der Waals surface area contributed by atoms with Crippen LogP contribution in [0.3, 0.4) is 0 Å². The van der Waals surface area contributed by atoms with E-state index in [1.807, 2.05) is 12.1 Å². The monoisotopic (exact) mass is 250 g/mol. The molecule has 1 saturated heterocycles. The number of hydrogen-bond donors (Lipinski definition) is 1. The van der Waals surface area contributed by atoms with E-state index in [0.717, 1.165) is 31.7 Å². The first-order valence-corrected chi connectivity index (χ1v) is 6.37. The Morgan fingerprint density at radius 3 is 2.76 bits per heavy atom. The fraction of sp³-hybridized carbons (Fsp3) is 0.462. The molecule has 1 aliphatic heterocycles. The van der Waals surface area contributed by atoms with Crippen LogP contribution in [0, 0.1) is 0 Å². The van der Waals surface area contributed by atoms with E-state index in [-0.39, 0.29) is 0 Å². The van der Waals surface area contributed by atoms with Crippen LogP contribution in [0.1, 0.15) is 18.9 Å². The molecule has 0 amide bonds. The smallest absolute Gasteiger partial charge is 0.103 e. The summed E-state index contributed by atoms with van der Waals surface area (Å²) in [6.45, 7) is 4.75. The van der Waals surface area contributed by atoms with Gasteiger partial charge in [-0.1, -0.05) is 19.1 Å². The second-order valence-electron chi connectivity index (χ2n) is 4.24. The lowest BCUT2D eigenvalue weighted by Crippen LogP contribution is -2.45. The second-order valence-corrected chi connectivity index (χ2v) is 4.68. The van der Waals surface area contributed by atoms with Crippen LogP contribution < -0.4 is 10.6 Å². The Balaban J connectivity index is 2.17. The van der Waals surface area contributed by atoms with Crippen molar-refractivity contribution in [3.05, 3.63) is 29.8 Å². The molecular weight excluding hydrogens is 232 g/mol. The minimum absolute atomic E-state index is 0.450. The Bertz CT molecular complexity index is 391. The Labute approximate surface area is 108 Å². The average molecular weight is 250 g/mol. The standard InChI is InChI=1S/C13H18N2OS/c1-2-11-9-16-8-7-15(11)12-5-3-10(4-6-12)13(14)17/h3-6,11H,2,7-9H2,1H3,(H2,14,17). The van der Waals surface area contributed by atoms with Crippen LogP contribution in [-0.2, 0) is 4.74 Å². The molecule has 3 nitrogen and oxygen atoms in total. The van der Waals surface area contributed by atoms with Crippen LogP contribution in [0.4, 0.5) is 5.69 Å². The van der Waals surface area contributed by atoms with Gasteiger partial charge in [-0.15, -0.1) is 0 Å². The number of ether oxygens (including phenoxy) is 1. The van der Waals surface area contributed by atoms with E-state index in [9.17, 15) is 0 Å². The molecular formula is C13H18N2OS. The highest BCUT2D eigenvalue weighted by molar-refractivity contribution is 7.80. The Hall–Kier alpha value is -1.13. The van der Waals surface area contributed by atoms with Gasteiger partial charge >= 0.3 is 0 Å². The van der Waals surface area contributed by atoms with Crippen LogP contribution >= 0.6 is 12.2 Å². The largest absolute Gasteiger partial charge is 0.389 e. The van der Waals surface area contributed by atoms with E-state index in [1.165, 1.54) is 5.69 Å². The number of hydrogen-bond acceptors (Lipinski definition) is 3. The van der Waals surface area contributed by atoms with Gasteiger partial charge in [-0.05, 0) is 30.7 Å². The fourth-order valence-electron chi connectivity index (χ4n) is 2.15. The number of benzene rings is 1. The molecule has 1 aromatic rings. The maximum Gasteiger partial charge on any atom is 0.103 e. The van der Waals surface area contributed by atoms with E-state index >= 15 is 0 Å². The molecule has 0 radical (unpaired) electrons. The SMILES string of the molecule is CCC1COCCN1c1ccc(C(N)=S)cc1. The average Bonchev–Trinajstić information content (AvgIpc) is 2.39. The van der Waals surface area contributed by atoms with E-state index in [0.29, 0.717) is 11.0 Å². The van der Waals surface area contributed by atoms with Crippen LogP contribution in [0.15, 0.2) is 24.3 Å². The minimum atomic E-state index is 0.450. The molecule has 2 rings (SSSR count). The van der Waals surface area contributed by atoms with Gasteiger partial charge in [0, 0.05) is 17.8 Å². The Kier molecular flexibility index (Phi) is 3.97. The molecule has 92 valence electrons. The highest BCUT2D eigenvalue weighted by atomic mass is 32.1. The summed E-state index contributed by atoms with van der Waals surface area (Å²) in [5.74, 6) is 0. The van der Waals surface area contributed by atoms with Crippen molar-refractivity contribution in [2.24, 2.45) is 5.73 Å². The van der Waals surface area contributed by atoms with Crippen LogP contribution in [0.25, 0.3) is 0 Å². The molecule has 4 heteroatoms. The maximum absolute atomic E-state index is 5.59. The van der Waals surface area contributed by atoms with Crippen LogP contribution in [0.2, 0.25) is 0 Å². The normalized spacial score (nSPS) is 20.3. The summed E-state index contributed by atoms with van der Waals surface area (Å²) >= 11 is 4.95. The number of nitrogens with two attached hydrogens (primary N) is 1. The molecule has 17 heavy (non-hydrogen) atoms. The number of rotatable bonds is 3. The van der Waals surface area contributed by atoms with Gasteiger partial charge in [-0.25, -0.2) is 0 Å². The lowest BCUT2D eigenvalue weighted by atomic mass is 10.1. The molecule has 0 spiro atoms. The van der Waals surface area contributed by atoms with Crippen LogP contribution in [-0.4, -0.2) is 30.8 Å². The second kappa shape index (κ2) is 5.47. The first-order chi connectivity index (χ1) is 8.22. The molecule has 0 aliphatic carbocycles. The zero-order valence-electron chi connectivity index (χ0n) is 10.1. The molecule has 1 atom stereocenters. The quantitative estimate of drug-likeness (QED) is 0.832. The molecule has 1 aliphatic rings.